The van der Waals surface area contributed by atoms with Crippen LogP contribution in [0.1, 0.15) is 44.1 Å². The maximum absolute atomic E-state index is 11.5. The van der Waals surface area contributed by atoms with Crippen molar-refractivity contribution in [3.63, 3.8) is 0 Å². The zero-order valence-corrected chi connectivity index (χ0v) is 15.9. The van der Waals surface area contributed by atoms with E-state index in [4.69, 9.17) is 0 Å². The number of nitrogens with one attached hydrogen (secondary N) is 1. The Morgan fingerprint density at radius 2 is 2.33 bits per heavy atom. The number of rotatable bonds is 6. The number of fused-ring (bicyclic) bond motifs is 1. The SMILES string of the molecule is C=C/C(Bc1ccnc(-n2nnc3c2CCCC3NC(C)=O)c1)=C\C=C/C. The van der Waals surface area contributed by atoms with Crippen LogP contribution in [0.15, 0.2) is 54.7 Å². The predicted molar refractivity (Wildman–Crippen MR) is 109 cm³/mol. The molecule has 7 heteroatoms. The molecule has 2 aromatic rings. The van der Waals surface area contributed by atoms with Gasteiger partial charge in [0.2, 0.25) is 5.91 Å². The van der Waals surface area contributed by atoms with Gasteiger partial charge in [-0.2, -0.15) is 4.68 Å². The lowest BCUT2D eigenvalue weighted by molar-refractivity contribution is -0.119. The molecule has 1 amide bonds. The van der Waals surface area contributed by atoms with Crippen LogP contribution >= 0.6 is 0 Å². The molecule has 0 saturated carbocycles. The summed E-state index contributed by atoms with van der Waals surface area (Å²) in [4.78, 5) is 15.9. The van der Waals surface area contributed by atoms with E-state index in [1.807, 2.05) is 37.3 Å². The second kappa shape index (κ2) is 8.62. The van der Waals surface area contributed by atoms with Crippen molar-refractivity contribution < 1.29 is 4.79 Å². The number of amides is 1. The van der Waals surface area contributed by atoms with Crippen molar-refractivity contribution in [2.45, 2.75) is 39.2 Å². The van der Waals surface area contributed by atoms with Gasteiger partial charge < -0.3 is 5.32 Å². The quantitative estimate of drug-likeness (QED) is 0.630. The van der Waals surface area contributed by atoms with E-state index in [1.54, 1.807) is 10.9 Å². The minimum atomic E-state index is -0.0701. The minimum Gasteiger partial charge on any atom is -0.348 e. The van der Waals surface area contributed by atoms with Crippen molar-refractivity contribution in [2.75, 3.05) is 0 Å². The van der Waals surface area contributed by atoms with E-state index in [1.165, 1.54) is 6.92 Å². The summed E-state index contributed by atoms with van der Waals surface area (Å²) in [7, 11) is 0.773. The summed E-state index contributed by atoms with van der Waals surface area (Å²) in [5, 5.41) is 11.6. The number of pyridine rings is 1. The van der Waals surface area contributed by atoms with Crippen molar-refractivity contribution in [1.29, 1.82) is 0 Å². The molecule has 27 heavy (non-hydrogen) atoms. The lowest BCUT2D eigenvalue weighted by Crippen LogP contribution is -2.29. The van der Waals surface area contributed by atoms with Gasteiger partial charge in [0.1, 0.15) is 5.69 Å². The molecule has 0 aliphatic heterocycles. The van der Waals surface area contributed by atoms with Crippen LogP contribution in [0.3, 0.4) is 0 Å². The van der Waals surface area contributed by atoms with Crippen LogP contribution < -0.4 is 10.8 Å². The average Bonchev–Trinajstić information content (AvgIpc) is 3.10. The fraction of sp³-hybridized carbons (Fsp3) is 0.300. The topological polar surface area (TPSA) is 72.7 Å². The Hall–Kier alpha value is -2.96. The Balaban J connectivity index is 1.89. The standard InChI is InChI=1S/C20H24BN5O/c1-4-6-8-15(5-2)21-16-11-12-22-19(13-16)26-18-10-7-9-17(23-14(3)27)20(18)24-25-26/h4-6,8,11-13,17,21H,2,7,9-10H2,1,3H3,(H,23,27)/b6-4-,15-8+. The molecule has 1 aliphatic carbocycles. The molecule has 1 aliphatic rings. The Kier molecular flexibility index (Phi) is 6.01. The molecule has 0 spiro atoms. The third-order valence-electron chi connectivity index (χ3n) is 4.61. The van der Waals surface area contributed by atoms with Crippen LogP contribution in [0.25, 0.3) is 5.82 Å². The van der Waals surface area contributed by atoms with Crippen molar-refractivity contribution in [3.8, 4) is 5.82 Å². The smallest absolute Gasteiger partial charge is 0.217 e. The van der Waals surface area contributed by atoms with Crippen LogP contribution in [-0.4, -0.2) is 33.2 Å². The molecule has 1 atom stereocenters. The van der Waals surface area contributed by atoms with Gasteiger partial charge in [-0.1, -0.05) is 47.0 Å². The number of allylic oxidation sites excluding steroid dienone is 5. The van der Waals surface area contributed by atoms with Gasteiger partial charge in [-0.15, -0.1) is 5.10 Å². The number of carbonyl (C=O) groups is 1. The van der Waals surface area contributed by atoms with Gasteiger partial charge in [-0.05, 0) is 38.3 Å². The molecular weight excluding hydrogens is 337 g/mol. The number of nitrogens with zero attached hydrogens (tertiary/aromatic N) is 4. The highest BCUT2D eigenvalue weighted by molar-refractivity contribution is 6.61. The van der Waals surface area contributed by atoms with Crippen LogP contribution in [-0.2, 0) is 11.2 Å². The normalized spacial score (nSPS) is 16.8. The zero-order valence-electron chi connectivity index (χ0n) is 15.9. The maximum atomic E-state index is 11.5. The van der Waals surface area contributed by atoms with Gasteiger partial charge >= 0.3 is 0 Å². The van der Waals surface area contributed by atoms with E-state index in [-0.39, 0.29) is 11.9 Å². The van der Waals surface area contributed by atoms with E-state index in [0.29, 0.717) is 0 Å². The van der Waals surface area contributed by atoms with E-state index >= 15 is 0 Å². The average molecular weight is 361 g/mol. The second-order valence-corrected chi connectivity index (χ2v) is 6.65. The molecule has 138 valence electrons. The molecular formula is C20H24BN5O. The monoisotopic (exact) mass is 361 g/mol. The first-order valence-corrected chi connectivity index (χ1v) is 9.23. The molecule has 3 rings (SSSR count). The van der Waals surface area contributed by atoms with Crippen molar-refractivity contribution in [2.24, 2.45) is 0 Å². The Bertz CT molecular complexity index is 900. The highest BCUT2D eigenvalue weighted by atomic mass is 16.1. The molecule has 1 unspecified atom stereocenters. The Morgan fingerprint density at radius 3 is 3.07 bits per heavy atom. The summed E-state index contributed by atoms with van der Waals surface area (Å²) in [6.07, 6.45) is 12.5. The van der Waals surface area contributed by atoms with Crippen LogP contribution in [0.5, 0.6) is 0 Å². The van der Waals surface area contributed by atoms with Gasteiger partial charge in [-0.3, -0.25) is 4.79 Å². The molecule has 0 aromatic carbocycles. The third kappa shape index (κ3) is 4.42. The van der Waals surface area contributed by atoms with Gasteiger partial charge in [0, 0.05) is 13.1 Å². The molecule has 6 nitrogen and oxygen atoms in total. The van der Waals surface area contributed by atoms with E-state index < -0.39 is 0 Å². The number of carbonyl (C=O) groups excluding carboxylic acids is 1. The number of hydrogen-bond donors (Lipinski definition) is 1. The van der Waals surface area contributed by atoms with Gasteiger partial charge in [0.15, 0.2) is 13.1 Å². The zero-order chi connectivity index (χ0) is 19.2. The summed E-state index contributed by atoms with van der Waals surface area (Å²) < 4.78 is 1.80. The fourth-order valence-electron chi connectivity index (χ4n) is 3.34. The lowest BCUT2D eigenvalue weighted by Gasteiger charge is -2.21. The first-order chi connectivity index (χ1) is 13.1. The summed E-state index contributed by atoms with van der Waals surface area (Å²) in [5.74, 6) is 0.701. The molecule has 2 heterocycles. The van der Waals surface area contributed by atoms with Gasteiger partial charge in [0.05, 0.1) is 11.7 Å². The van der Waals surface area contributed by atoms with Gasteiger partial charge in [-0.25, -0.2) is 4.98 Å². The molecule has 0 radical (unpaired) electrons. The van der Waals surface area contributed by atoms with Gasteiger partial charge in [0.25, 0.3) is 0 Å². The molecule has 0 bridgehead atoms. The molecule has 2 aromatic heterocycles. The highest BCUT2D eigenvalue weighted by Crippen LogP contribution is 2.28. The van der Waals surface area contributed by atoms with Crippen molar-refractivity contribution in [3.05, 3.63) is 66.1 Å². The molecule has 0 fully saturated rings. The van der Waals surface area contributed by atoms with Crippen LogP contribution in [0.4, 0.5) is 0 Å². The Labute approximate surface area is 160 Å². The van der Waals surface area contributed by atoms with Crippen LogP contribution in [0, 0.1) is 0 Å². The summed E-state index contributed by atoms with van der Waals surface area (Å²) in [5.41, 5.74) is 4.15. The summed E-state index contributed by atoms with van der Waals surface area (Å²) in [6.45, 7) is 7.41. The van der Waals surface area contributed by atoms with E-state index in [2.05, 4.69) is 33.3 Å². The first kappa shape index (κ1) is 18.8. The molecule has 1 N–H and O–H groups in total. The van der Waals surface area contributed by atoms with Crippen LogP contribution in [0.2, 0.25) is 0 Å². The summed E-state index contributed by atoms with van der Waals surface area (Å²) in [6, 6.07) is 3.96. The second-order valence-electron chi connectivity index (χ2n) is 6.65. The summed E-state index contributed by atoms with van der Waals surface area (Å²) >= 11 is 0. The number of hydrogen-bond acceptors (Lipinski definition) is 4. The lowest BCUT2D eigenvalue weighted by atomic mass is 9.63. The van der Waals surface area contributed by atoms with E-state index in [0.717, 1.165) is 54.7 Å². The number of aromatic nitrogens is 4. The first-order valence-electron chi connectivity index (χ1n) is 9.23. The largest absolute Gasteiger partial charge is 0.348 e. The maximum Gasteiger partial charge on any atom is 0.217 e. The van der Waals surface area contributed by atoms with E-state index in [9.17, 15) is 4.79 Å². The third-order valence-corrected chi connectivity index (χ3v) is 4.61. The Morgan fingerprint density at radius 1 is 1.48 bits per heavy atom. The van der Waals surface area contributed by atoms with Crippen molar-refractivity contribution in [1.82, 2.24) is 25.3 Å². The fourth-order valence-corrected chi connectivity index (χ4v) is 3.34. The van der Waals surface area contributed by atoms with Crippen molar-refractivity contribution >= 4 is 18.6 Å². The highest BCUT2D eigenvalue weighted by Gasteiger charge is 2.27. The minimum absolute atomic E-state index is 0.0487. The predicted octanol–water partition coefficient (Wildman–Crippen LogP) is 1.88. The molecule has 0 saturated heterocycles.